The first-order valence-electron chi connectivity index (χ1n) is 10.7. The Morgan fingerprint density at radius 3 is 2.67 bits per heavy atom. The number of nitrogens with zero attached hydrogens (tertiary/aromatic N) is 3. The number of anilines is 1. The fourth-order valence-electron chi connectivity index (χ4n) is 3.64. The standard InChI is InChI=1S/C24H25ClN4O3S/c1-15-3-5-19(11-16(15)2)32-13-22(30)29-9-7-17(8-10-29)24-28-20(14-33-24)23(31)27-18-4-6-21(25)26-12-18/h3-6,11-12,14,17H,7-10,13H2,1-2H3,(H,27,31). The monoisotopic (exact) mass is 484 g/mol. The first-order chi connectivity index (χ1) is 15.9. The van der Waals surface area contributed by atoms with Crippen LogP contribution in [0.5, 0.6) is 5.75 Å². The molecule has 2 amide bonds. The summed E-state index contributed by atoms with van der Waals surface area (Å²) in [5, 5.41) is 5.83. The number of hydrogen-bond acceptors (Lipinski definition) is 6. The molecule has 7 nitrogen and oxygen atoms in total. The Bertz CT molecular complexity index is 1140. The quantitative estimate of drug-likeness (QED) is 0.506. The molecule has 1 saturated heterocycles. The summed E-state index contributed by atoms with van der Waals surface area (Å²) in [6, 6.07) is 9.15. The highest BCUT2D eigenvalue weighted by Gasteiger charge is 2.26. The van der Waals surface area contributed by atoms with Crippen LogP contribution in [0.4, 0.5) is 5.69 Å². The normalized spacial score (nSPS) is 14.2. The Balaban J connectivity index is 1.26. The van der Waals surface area contributed by atoms with E-state index in [1.807, 2.05) is 36.9 Å². The molecule has 1 N–H and O–H groups in total. The van der Waals surface area contributed by atoms with E-state index in [-0.39, 0.29) is 24.3 Å². The molecule has 172 valence electrons. The van der Waals surface area contributed by atoms with Crippen LogP contribution in [0.3, 0.4) is 0 Å². The molecular weight excluding hydrogens is 460 g/mol. The van der Waals surface area contributed by atoms with Gasteiger partial charge in [0.15, 0.2) is 6.61 Å². The first-order valence-corrected chi connectivity index (χ1v) is 12.0. The third-order valence-corrected chi connectivity index (χ3v) is 7.01. The Hall–Kier alpha value is -2.97. The third kappa shape index (κ3) is 5.89. The molecule has 4 rings (SSSR count). The van der Waals surface area contributed by atoms with Crippen molar-refractivity contribution in [2.75, 3.05) is 25.0 Å². The Labute approximate surface area is 201 Å². The van der Waals surface area contributed by atoms with Gasteiger partial charge in [0.2, 0.25) is 0 Å². The molecule has 1 aliphatic heterocycles. The number of aromatic nitrogens is 2. The van der Waals surface area contributed by atoms with Crippen molar-refractivity contribution in [3.8, 4) is 5.75 Å². The van der Waals surface area contributed by atoms with E-state index >= 15 is 0 Å². The van der Waals surface area contributed by atoms with Crippen LogP contribution < -0.4 is 10.1 Å². The number of thiazole rings is 1. The van der Waals surface area contributed by atoms with Gasteiger partial charge in [0.1, 0.15) is 16.6 Å². The van der Waals surface area contributed by atoms with Gasteiger partial charge in [-0.05, 0) is 62.1 Å². The highest BCUT2D eigenvalue weighted by atomic mass is 35.5. The lowest BCUT2D eigenvalue weighted by Gasteiger charge is -2.31. The van der Waals surface area contributed by atoms with Crippen LogP contribution >= 0.6 is 22.9 Å². The number of likely N-dealkylation sites (tertiary alicyclic amines) is 1. The molecule has 33 heavy (non-hydrogen) atoms. The number of hydrogen-bond donors (Lipinski definition) is 1. The maximum atomic E-state index is 12.6. The topological polar surface area (TPSA) is 84.4 Å². The van der Waals surface area contributed by atoms with Crippen molar-refractivity contribution >= 4 is 40.4 Å². The average Bonchev–Trinajstić information content (AvgIpc) is 3.32. The summed E-state index contributed by atoms with van der Waals surface area (Å²) in [6.07, 6.45) is 3.13. The lowest BCUT2D eigenvalue weighted by Crippen LogP contribution is -2.40. The number of benzene rings is 1. The van der Waals surface area contributed by atoms with Gasteiger partial charge < -0.3 is 15.0 Å². The van der Waals surface area contributed by atoms with Crippen molar-refractivity contribution in [1.29, 1.82) is 0 Å². The SMILES string of the molecule is Cc1ccc(OCC(=O)N2CCC(c3nc(C(=O)Nc4ccc(Cl)nc4)cs3)CC2)cc1C. The number of ether oxygens (including phenoxy) is 1. The summed E-state index contributed by atoms with van der Waals surface area (Å²) in [5.41, 5.74) is 3.28. The third-order valence-electron chi connectivity index (χ3n) is 5.78. The van der Waals surface area contributed by atoms with Gasteiger partial charge >= 0.3 is 0 Å². The lowest BCUT2D eigenvalue weighted by molar-refractivity contribution is -0.134. The van der Waals surface area contributed by atoms with Crippen LogP contribution in [-0.4, -0.2) is 46.4 Å². The fraction of sp³-hybridized carbons (Fsp3) is 0.333. The number of carbonyl (C=O) groups is 2. The fourth-order valence-corrected chi connectivity index (χ4v) is 4.72. The molecule has 0 radical (unpaired) electrons. The van der Waals surface area contributed by atoms with Gasteiger partial charge in [0.25, 0.3) is 11.8 Å². The molecule has 1 aromatic carbocycles. The van der Waals surface area contributed by atoms with Crippen LogP contribution in [0.25, 0.3) is 0 Å². The molecule has 1 aliphatic rings. The molecule has 0 atom stereocenters. The number of piperidine rings is 1. The number of carbonyl (C=O) groups excluding carboxylic acids is 2. The van der Waals surface area contributed by atoms with Crippen molar-refractivity contribution < 1.29 is 14.3 Å². The molecule has 3 heterocycles. The van der Waals surface area contributed by atoms with E-state index < -0.39 is 0 Å². The smallest absolute Gasteiger partial charge is 0.275 e. The number of nitrogens with one attached hydrogen (secondary N) is 1. The van der Waals surface area contributed by atoms with Crippen LogP contribution in [-0.2, 0) is 4.79 Å². The summed E-state index contributed by atoms with van der Waals surface area (Å²) in [5.74, 6) is 0.656. The number of aryl methyl sites for hydroxylation is 2. The largest absolute Gasteiger partial charge is 0.484 e. The maximum absolute atomic E-state index is 12.6. The number of amides is 2. The number of rotatable bonds is 6. The Morgan fingerprint density at radius 2 is 1.97 bits per heavy atom. The minimum atomic E-state index is -0.280. The van der Waals surface area contributed by atoms with Gasteiger partial charge in [0.05, 0.1) is 16.9 Å². The zero-order valence-corrected chi connectivity index (χ0v) is 20.1. The van der Waals surface area contributed by atoms with Gasteiger partial charge in [-0.3, -0.25) is 9.59 Å². The molecule has 0 saturated carbocycles. The van der Waals surface area contributed by atoms with Crippen LogP contribution in [0.1, 0.15) is 45.4 Å². The number of halogens is 1. The van der Waals surface area contributed by atoms with E-state index in [1.165, 1.54) is 23.1 Å². The van der Waals surface area contributed by atoms with E-state index in [0.29, 0.717) is 35.4 Å². The zero-order valence-electron chi connectivity index (χ0n) is 18.5. The molecular formula is C24H25ClN4O3S. The Morgan fingerprint density at radius 1 is 1.18 bits per heavy atom. The van der Waals surface area contributed by atoms with Crippen molar-refractivity contribution in [3.05, 3.63) is 68.9 Å². The van der Waals surface area contributed by atoms with Crippen LogP contribution in [0, 0.1) is 13.8 Å². The predicted molar refractivity (Wildman–Crippen MR) is 129 cm³/mol. The molecule has 1 fully saturated rings. The second-order valence-corrected chi connectivity index (χ2v) is 9.36. The first kappa shape index (κ1) is 23.2. The minimum Gasteiger partial charge on any atom is -0.484 e. The van der Waals surface area contributed by atoms with Gasteiger partial charge in [0, 0.05) is 24.4 Å². The molecule has 0 spiro atoms. The van der Waals surface area contributed by atoms with Crippen molar-refractivity contribution in [2.45, 2.75) is 32.6 Å². The average molecular weight is 485 g/mol. The van der Waals surface area contributed by atoms with Crippen molar-refractivity contribution in [2.24, 2.45) is 0 Å². The van der Waals surface area contributed by atoms with E-state index in [0.717, 1.165) is 23.4 Å². The van der Waals surface area contributed by atoms with Gasteiger partial charge in [-0.15, -0.1) is 11.3 Å². The highest BCUT2D eigenvalue weighted by molar-refractivity contribution is 7.10. The molecule has 9 heteroatoms. The summed E-state index contributed by atoms with van der Waals surface area (Å²) < 4.78 is 5.70. The summed E-state index contributed by atoms with van der Waals surface area (Å²) >= 11 is 7.25. The van der Waals surface area contributed by atoms with Crippen LogP contribution in [0.15, 0.2) is 41.9 Å². The second-order valence-electron chi connectivity index (χ2n) is 8.08. The minimum absolute atomic E-state index is 0.0116. The molecule has 3 aromatic rings. The summed E-state index contributed by atoms with van der Waals surface area (Å²) in [4.78, 5) is 35.4. The van der Waals surface area contributed by atoms with Crippen molar-refractivity contribution in [3.63, 3.8) is 0 Å². The van der Waals surface area contributed by atoms with Gasteiger partial charge in [-0.2, -0.15) is 0 Å². The second kappa shape index (κ2) is 10.3. The highest BCUT2D eigenvalue weighted by Crippen LogP contribution is 2.30. The summed E-state index contributed by atoms with van der Waals surface area (Å²) in [6.45, 7) is 5.41. The van der Waals surface area contributed by atoms with Gasteiger partial charge in [-0.1, -0.05) is 17.7 Å². The Kier molecular flexibility index (Phi) is 7.25. The summed E-state index contributed by atoms with van der Waals surface area (Å²) in [7, 11) is 0. The molecule has 2 aromatic heterocycles. The van der Waals surface area contributed by atoms with Crippen molar-refractivity contribution in [1.82, 2.24) is 14.9 Å². The van der Waals surface area contributed by atoms with E-state index in [2.05, 4.69) is 15.3 Å². The van der Waals surface area contributed by atoms with Gasteiger partial charge in [-0.25, -0.2) is 9.97 Å². The van der Waals surface area contributed by atoms with E-state index in [4.69, 9.17) is 16.3 Å². The zero-order chi connectivity index (χ0) is 23.4. The molecule has 0 bridgehead atoms. The van der Waals surface area contributed by atoms with E-state index in [9.17, 15) is 9.59 Å². The number of pyridine rings is 1. The van der Waals surface area contributed by atoms with Crippen LogP contribution in [0.2, 0.25) is 5.15 Å². The van der Waals surface area contributed by atoms with E-state index in [1.54, 1.807) is 17.5 Å². The predicted octanol–water partition coefficient (Wildman–Crippen LogP) is 4.85. The molecule has 0 unspecified atom stereocenters. The lowest BCUT2D eigenvalue weighted by atomic mass is 9.97. The molecule has 0 aliphatic carbocycles. The maximum Gasteiger partial charge on any atom is 0.275 e.